The molecule has 0 radical (unpaired) electrons. The van der Waals surface area contributed by atoms with Crippen molar-refractivity contribution in [3.8, 4) is 0 Å². The van der Waals surface area contributed by atoms with E-state index in [9.17, 15) is 4.79 Å². The molecule has 1 aliphatic carbocycles. The van der Waals surface area contributed by atoms with Crippen LogP contribution in [0.5, 0.6) is 0 Å². The molecule has 0 N–H and O–H groups in total. The van der Waals surface area contributed by atoms with Crippen LogP contribution >= 0.6 is 0 Å². The van der Waals surface area contributed by atoms with Crippen molar-refractivity contribution in [2.24, 2.45) is 5.92 Å². The molecule has 1 unspecified atom stereocenters. The minimum absolute atomic E-state index is 0.0955. The van der Waals surface area contributed by atoms with Crippen molar-refractivity contribution in [3.63, 3.8) is 0 Å². The quantitative estimate of drug-likeness (QED) is 0.786. The largest absolute Gasteiger partial charge is 0.354 e. The molecule has 0 bridgehead atoms. The molecule has 1 aliphatic heterocycles. The molecule has 26 heavy (non-hydrogen) atoms. The van der Waals surface area contributed by atoms with Gasteiger partial charge in [0.1, 0.15) is 0 Å². The van der Waals surface area contributed by atoms with Crippen LogP contribution in [-0.4, -0.2) is 22.9 Å². The lowest BCUT2D eigenvalue weighted by Crippen LogP contribution is -2.34. The second-order valence-corrected chi connectivity index (χ2v) is 8.13. The molecule has 4 rings (SSSR count). The Hall–Kier alpha value is -1.84. The fourth-order valence-electron chi connectivity index (χ4n) is 4.75. The van der Waals surface area contributed by atoms with Crippen molar-refractivity contribution < 1.29 is 0 Å². The summed E-state index contributed by atoms with van der Waals surface area (Å²) in [6.07, 6.45) is 10.9. The predicted octanol–water partition coefficient (Wildman–Crippen LogP) is 4.92. The molecule has 4 heteroatoms. The van der Waals surface area contributed by atoms with E-state index >= 15 is 0 Å². The summed E-state index contributed by atoms with van der Waals surface area (Å²) < 4.78 is 1.84. The zero-order valence-electron chi connectivity index (χ0n) is 16.0. The number of hydrogen-bond donors (Lipinski definition) is 0. The van der Waals surface area contributed by atoms with Crippen LogP contribution in [0, 0.1) is 5.92 Å². The van der Waals surface area contributed by atoms with Crippen molar-refractivity contribution >= 4 is 16.6 Å². The van der Waals surface area contributed by atoms with Crippen LogP contribution in [0.25, 0.3) is 10.8 Å². The Morgan fingerprint density at radius 3 is 2.50 bits per heavy atom. The van der Waals surface area contributed by atoms with Crippen molar-refractivity contribution in [1.82, 2.24) is 9.78 Å². The molecular weight excluding hydrogens is 322 g/mol. The summed E-state index contributed by atoms with van der Waals surface area (Å²) in [5, 5.41) is 6.85. The molecule has 0 spiro atoms. The average molecular weight is 354 g/mol. The predicted molar refractivity (Wildman–Crippen MR) is 108 cm³/mol. The van der Waals surface area contributed by atoms with Gasteiger partial charge in [0, 0.05) is 18.5 Å². The van der Waals surface area contributed by atoms with E-state index in [-0.39, 0.29) is 11.6 Å². The lowest BCUT2D eigenvalue weighted by Gasteiger charge is -2.29. The summed E-state index contributed by atoms with van der Waals surface area (Å²) in [5.74, 6) is 1.76. The Morgan fingerprint density at radius 1 is 1.00 bits per heavy atom. The SMILES string of the molecule is CCC1CCCCN(c2nn(C3CCCCC3)c(=O)c3ccccc23)C1. The third-order valence-corrected chi connectivity index (χ3v) is 6.38. The molecule has 2 aliphatic rings. The zero-order chi connectivity index (χ0) is 17.9. The van der Waals surface area contributed by atoms with E-state index in [0.717, 1.165) is 48.4 Å². The Morgan fingerprint density at radius 2 is 1.73 bits per heavy atom. The van der Waals surface area contributed by atoms with Crippen LogP contribution in [0.15, 0.2) is 29.1 Å². The van der Waals surface area contributed by atoms with Crippen LogP contribution in [0.1, 0.15) is 70.8 Å². The van der Waals surface area contributed by atoms with Crippen LogP contribution in [0.4, 0.5) is 5.82 Å². The van der Waals surface area contributed by atoms with Crippen molar-refractivity contribution in [2.45, 2.75) is 70.8 Å². The Kier molecular flexibility index (Phi) is 5.28. The summed E-state index contributed by atoms with van der Waals surface area (Å²) in [6, 6.07) is 8.35. The highest BCUT2D eigenvalue weighted by molar-refractivity contribution is 5.91. The van der Waals surface area contributed by atoms with Gasteiger partial charge in [0.05, 0.1) is 11.4 Å². The van der Waals surface area contributed by atoms with Gasteiger partial charge >= 0.3 is 0 Å². The lowest BCUT2D eigenvalue weighted by atomic mass is 9.95. The molecule has 1 atom stereocenters. The van der Waals surface area contributed by atoms with Gasteiger partial charge in [-0.15, -0.1) is 0 Å². The molecule has 0 amide bonds. The summed E-state index contributed by atoms with van der Waals surface area (Å²) >= 11 is 0. The van der Waals surface area contributed by atoms with Gasteiger partial charge in [0.15, 0.2) is 5.82 Å². The first kappa shape index (κ1) is 17.6. The lowest BCUT2D eigenvalue weighted by molar-refractivity contribution is 0.320. The summed E-state index contributed by atoms with van der Waals surface area (Å²) in [7, 11) is 0. The second-order valence-electron chi connectivity index (χ2n) is 8.13. The molecule has 1 aromatic heterocycles. The van der Waals surface area contributed by atoms with Gasteiger partial charge in [-0.25, -0.2) is 4.68 Å². The molecule has 2 aromatic rings. The van der Waals surface area contributed by atoms with Gasteiger partial charge in [-0.1, -0.05) is 57.2 Å². The van der Waals surface area contributed by atoms with E-state index in [0.29, 0.717) is 0 Å². The fourth-order valence-corrected chi connectivity index (χ4v) is 4.75. The number of anilines is 1. The minimum atomic E-state index is 0.0955. The van der Waals surface area contributed by atoms with E-state index in [1.165, 1.54) is 44.9 Å². The van der Waals surface area contributed by atoms with Gasteiger partial charge in [-0.2, -0.15) is 5.10 Å². The van der Waals surface area contributed by atoms with Gasteiger partial charge in [-0.05, 0) is 37.7 Å². The highest BCUT2D eigenvalue weighted by atomic mass is 16.1. The first-order chi connectivity index (χ1) is 12.8. The number of rotatable bonds is 3. The number of hydrogen-bond acceptors (Lipinski definition) is 3. The fraction of sp³-hybridized carbons (Fsp3) is 0.636. The third-order valence-electron chi connectivity index (χ3n) is 6.38. The van der Waals surface area contributed by atoms with E-state index in [2.05, 4.69) is 17.9 Å². The molecule has 1 saturated carbocycles. The normalized spacial score (nSPS) is 22.5. The number of fused-ring (bicyclic) bond motifs is 1. The van der Waals surface area contributed by atoms with Gasteiger partial charge in [0.25, 0.3) is 5.56 Å². The monoisotopic (exact) mass is 353 g/mol. The molecule has 2 heterocycles. The molecule has 140 valence electrons. The topological polar surface area (TPSA) is 38.1 Å². The van der Waals surface area contributed by atoms with Crippen LogP contribution in [0.3, 0.4) is 0 Å². The second kappa shape index (κ2) is 7.81. The highest BCUT2D eigenvalue weighted by Crippen LogP contribution is 2.31. The Bertz CT molecular complexity index is 807. The summed E-state index contributed by atoms with van der Waals surface area (Å²) in [4.78, 5) is 15.6. The van der Waals surface area contributed by atoms with E-state index in [1.54, 1.807) is 0 Å². The molecule has 1 aromatic carbocycles. The smallest absolute Gasteiger partial charge is 0.275 e. The standard InChI is InChI=1S/C22H31N3O/c1-2-17-10-8-9-15-24(16-17)21-19-13-6-7-14-20(19)22(26)25(23-21)18-11-4-3-5-12-18/h6-7,13-14,17-18H,2-5,8-12,15-16H2,1H3. The van der Waals surface area contributed by atoms with Gasteiger partial charge in [0.2, 0.25) is 0 Å². The van der Waals surface area contributed by atoms with Crippen LogP contribution in [-0.2, 0) is 0 Å². The van der Waals surface area contributed by atoms with E-state index < -0.39 is 0 Å². The van der Waals surface area contributed by atoms with E-state index in [1.807, 2.05) is 22.9 Å². The van der Waals surface area contributed by atoms with Crippen molar-refractivity contribution in [2.75, 3.05) is 18.0 Å². The Balaban J connectivity index is 1.82. The van der Waals surface area contributed by atoms with Gasteiger partial charge in [-0.3, -0.25) is 4.79 Å². The highest BCUT2D eigenvalue weighted by Gasteiger charge is 2.24. The molecule has 1 saturated heterocycles. The third kappa shape index (κ3) is 3.38. The number of nitrogens with zero attached hydrogens (tertiary/aromatic N) is 3. The average Bonchev–Trinajstić information content (AvgIpc) is 2.95. The van der Waals surface area contributed by atoms with Gasteiger partial charge < -0.3 is 4.90 Å². The number of aromatic nitrogens is 2. The first-order valence-corrected chi connectivity index (χ1v) is 10.5. The van der Waals surface area contributed by atoms with Crippen molar-refractivity contribution in [1.29, 1.82) is 0 Å². The minimum Gasteiger partial charge on any atom is -0.354 e. The van der Waals surface area contributed by atoms with E-state index in [4.69, 9.17) is 5.10 Å². The first-order valence-electron chi connectivity index (χ1n) is 10.5. The maximum absolute atomic E-state index is 13.1. The maximum Gasteiger partial charge on any atom is 0.275 e. The zero-order valence-corrected chi connectivity index (χ0v) is 16.0. The Labute approximate surface area is 156 Å². The molecule has 2 fully saturated rings. The number of benzene rings is 1. The van der Waals surface area contributed by atoms with Crippen molar-refractivity contribution in [3.05, 3.63) is 34.6 Å². The summed E-state index contributed by atoms with van der Waals surface area (Å²) in [6.45, 7) is 4.41. The molecule has 4 nitrogen and oxygen atoms in total. The molecular formula is C22H31N3O. The maximum atomic E-state index is 13.1. The van der Waals surface area contributed by atoms with Crippen LogP contribution in [0.2, 0.25) is 0 Å². The van der Waals surface area contributed by atoms with Crippen LogP contribution < -0.4 is 10.5 Å². The summed E-state index contributed by atoms with van der Waals surface area (Å²) in [5.41, 5.74) is 0.0955.